The van der Waals surface area contributed by atoms with Crippen LogP contribution in [-0.2, 0) is 0 Å². The second kappa shape index (κ2) is 7.13. The van der Waals surface area contributed by atoms with Gasteiger partial charge in [-0.15, -0.1) is 6.42 Å². The predicted octanol–water partition coefficient (Wildman–Crippen LogP) is 6.67. The summed E-state index contributed by atoms with van der Waals surface area (Å²) in [6.07, 6.45) is 5.87. The van der Waals surface area contributed by atoms with Crippen LogP contribution in [0.15, 0.2) is 103 Å². The number of rotatable bonds is 3. The van der Waals surface area contributed by atoms with Crippen LogP contribution in [0.2, 0.25) is 0 Å². The van der Waals surface area contributed by atoms with E-state index in [-0.39, 0.29) is 0 Å². The molecular weight excluding hydrogens is 312 g/mol. The van der Waals surface area contributed by atoms with E-state index in [2.05, 4.69) is 90.8 Å². The van der Waals surface area contributed by atoms with E-state index in [1.54, 1.807) is 0 Å². The summed E-state index contributed by atoms with van der Waals surface area (Å²) >= 11 is 0. The fraction of sp³-hybridized carbons (Fsp3) is 0. The zero-order valence-corrected chi connectivity index (χ0v) is 14.4. The van der Waals surface area contributed by atoms with Crippen LogP contribution in [0, 0.1) is 12.3 Å². The van der Waals surface area contributed by atoms with Crippen LogP contribution < -0.4 is 0 Å². The SMILES string of the molecule is C#Cc1ccc(-c2ccccc2)c(-c2ccccc2)c1-c1ccccc1. The van der Waals surface area contributed by atoms with E-state index >= 15 is 0 Å². The molecule has 0 amide bonds. The van der Waals surface area contributed by atoms with Gasteiger partial charge in [-0.1, -0.05) is 103 Å². The molecule has 4 rings (SSSR count). The van der Waals surface area contributed by atoms with Crippen LogP contribution in [0.25, 0.3) is 33.4 Å². The van der Waals surface area contributed by atoms with E-state index in [9.17, 15) is 0 Å². The van der Waals surface area contributed by atoms with Gasteiger partial charge in [0.1, 0.15) is 0 Å². The number of hydrogen-bond acceptors (Lipinski definition) is 0. The molecule has 4 aromatic rings. The van der Waals surface area contributed by atoms with E-state index in [1.807, 2.05) is 18.2 Å². The van der Waals surface area contributed by atoms with Crippen molar-refractivity contribution in [2.45, 2.75) is 0 Å². The minimum Gasteiger partial charge on any atom is -0.115 e. The molecule has 0 spiro atoms. The Morgan fingerprint density at radius 2 is 0.923 bits per heavy atom. The van der Waals surface area contributed by atoms with Crippen molar-refractivity contribution >= 4 is 0 Å². The average molecular weight is 330 g/mol. The Balaban J connectivity index is 2.11. The summed E-state index contributed by atoms with van der Waals surface area (Å²) in [5, 5.41) is 0. The summed E-state index contributed by atoms with van der Waals surface area (Å²) in [5.74, 6) is 2.88. The largest absolute Gasteiger partial charge is 0.115 e. The Morgan fingerprint density at radius 1 is 0.462 bits per heavy atom. The monoisotopic (exact) mass is 330 g/mol. The lowest BCUT2D eigenvalue weighted by molar-refractivity contribution is 1.54. The van der Waals surface area contributed by atoms with Crippen molar-refractivity contribution in [3.05, 3.63) is 109 Å². The molecule has 0 heteroatoms. The lowest BCUT2D eigenvalue weighted by Gasteiger charge is -2.18. The minimum atomic E-state index is 0.912. The van der Waals surface area contributed by atoms with Gasteiger partial charge < -0.3 is 0 Å². The Bertz CT molecular complexity index is 1050. The maximum atomic E-state index is 5.87. The Hall–Kier alpha value is -3.56. The molecule has 0 unspecified atom stereocenters. The second-order valence-corrected chi connectivity index (χ2v) is 6.15. The molecule has 0 aromatic heterocycles. The lowest BCUT2D eigenvalue weighted by Crippen LogP contribution is -1.94. The highest BCUT2D eigenvalue weighted by Crippen LogP contribution is 2.41. The third kappa shape index (κ3) is 2.92. The van der Waals surface area contributed by atoms with Gasteiger partial charge in [0.25, 0.3) is 0 Å². The van der Waals surface area contributed by atoms with Crippen LogP contribution in [0.5, 0.6) is 0 Å². The van der Waals surface area contributed by atoms with Gasteiger partial charge in [-0.3, -0.25) is 0 Å². The maximum Gasteiger partial charge on any atom is 0.0327 e. The highest BCUT2D eigenvalue weighted by atomic mass is 14.2. The van der Waals surface area contributed by atoms with Gasteiger partial charge in [0.05, 0.1) is 0 Å². The molecule has 0 fully saturated rings. The van der Waals surface area contributed by atoms with Crippen LogP contribution in [0.1, 0.15) is 5.56 Å². The first kappa shape index (κ1) is 15.9. The molecule has 0 N–H and O–H groups in total. The number of terminal acetylenes is 1. The van der Waals surface area contributed by atoms with Gasteiger partial charge in [-0.2, -0.15) is 0 Å². The van der Waals surface area contributed by atoms with E-state index in [1.165, 1.54) is 22.3 Å². The Morgan fingerprint density at radius 3 is 1.42 bits per heavy atom. The first-order valence-corrected chi connectivity index (χ1v) is 8.68. The quantitative estimate of drug-likeness (QED) is 0.368. The van der Waals surface area contributed by atoms with Gasteiger partial charge >= 0.3 is 0 Å². The van der Waals surface area contributed by atoms with Gasteiger partial charge in [0.15, 0.2) is 0 Å². The molecule has 0 aliphatic carbocycles. The van der Waals surface area contributed by atoms with Crippen LogP contribution in [0.3, 0.4) is 0 Å². The molecule has 0 bridgehead atoms. The lowest BCUT2D eigenvalue weighted by atomic mass is 9.85. The molecule has 0 atom stereocenters. The molecule has 0 aliphatic heterocycles. The Labute approximate surface area is 154 Å². The van der Waals surface area contributed by atoms with Crippen molar-refractivity contribution in [3.63, 3.8) is 0 Å². The van der Waals surface area contributed by atoms with E-state index in [0.29, 0.717) is 0 Å². The molecule has 4 aromatic carbocycles. The summed E-state index contributed by atoms with van der Waals surface area (Å²) in [4.78, 5) is 0. The van der Waals surface area contributed by atoms with Gasteiger partial charge in [-0.05, 0) is 33.9 Å². The summed E-state index contributed by atoms with van der Waals surface area (Å²) in [5.41, 5.74) is 7.88. The molecular formula is C26H18. The van der Waals surface area contributed by atoms with Crippen molar-refractivity contribution in [1.82, 2.24) is 0 Å². The van der Waals surface area contributed by atoms with Crippen LogP contribution in [-0.4, -0.2) is 0 Å². The van der Waals surface area contributed by atoms with Gasteiger partial charge in [0.2, 0.25) is 0 Å². The zero-order valence-electron chi connectivity index (χ0n) is 14.4. The Kier molecular flexibility index (Phi) is 4.37. The smallest absolute Gasteiger partial charge is 0.0327 e. The third-order valence-electron chi connectivity index (χ3n) is 4.57. The fourth-order valence-corrected chi connectivity index (χ4v) is 3.39. The summed E-state index contributed by atoms with van der Waals surface area (Å²) in [7, 11) is 0. The highest BCUT2D eigenvalue weighted by Gasteiger charge is 2.16. The van der Waals surface area contributed by atoms with Crippen molar-refractivity contribution in [3.8, 4) is 45.7 Å². The summed E-state index contributed by atoms with van der Waals surface area (Å²) in [6, 6.07) is 35.5. The molecule has 0 saturated carbocycles. The fourth-order valence-electron chi connectivity index (χ4n) is 3.39. The van der Waals surface area contributed by atoms with E-state index < -0.39 is 0 Å². The molecule has 0 radical (unpaired) electrons. The van der Waals surface area contributed by atoms with Crippen molar-refractivity contribution in [1.29, 1.82) is 0 Å². The molecule has 26 heavy (non-hydrogen) atoms. The zero-order chi connectivity index (χ0) is 17.8. The van der Waals surface area contributed by atoms with Crippen molar-refractivity contribution in [2.75, 3.05) is 0 Å². The first-order valence-electron chi connectivity index (χ1n) is 8.68. The summed E-state index contributed by atoms with van der Waals surface area (Å²) < 4.78 is 0. The van der Waals surface area contributed by atoms with Crippen molar-refractivity contribution in [2.24, 2.45) is 0 Å². The standard InChI is InChI=1S/C26H18/c1-2-20-18-19-24(21-12-6-3-7-13-21)26(23-16-10-5-11-17-23)25(20)22-14-8-4-9-15-22/h1,3-19H. The van der Waals surface area contributed by atoms with Crippen molar-refractivity contribution < 1.29 is 0 Å². The first-order chi connectivity index (χ1) is 12.9. The van der Waals surface area contributed by atoms with Crippen LogP contribution >= 0.6 is 0 Å². The molecule has 0 aliphatic rings. The molecule has 122 valence electrons. The molecule has 0 heterocycles. The van der Waals surface area contributed by atoms with E-state index in [0.717, 1.165) is 16.7 Å². The maximum absolute atomic E-state index is 5.87. The van der Waals surface area contributed by atoms with Gasteiger partial charge in [-0.25, -0.2) is 0 Å². The topological polar surface area (TPSA) is 0 Å². The van der Waals surface area contributed by atoms with Gasteiger partial charge in [0, 0.05) is 11.1 Å². The molecule has 0 nitrogen and oxygen atoms in total. The number of hydrogen-bond donors (Lipinski definition) is 0. The van der Waals surface area contributed by atoms with E-state index in [4.69, 9.17) is 6.42 Å². The minimum absolute atomic E-state index is 0.912. The normalized spacial score (nSPS) is 10.3. The molecule has 0 saturated heterocycles. The summed E-state index contributed by atoms with van der Waals surface area (Å²) in [6.45, 7) is 0. The average Bonchev–Trinajstić information content (AvgIpc) is 2.74. The highest BCUT2D eigenvalue weighted by molar-refractivity contribution is 5.97. The van der Waals surface area contributed by atoms with Crippen LogP contribution in [0.4, 0.5) is 0 Å². The second-order valence-electron chi connectivity index (χ2n) is 6.15. The number of benzene rings is 4. The predicted molar refractivity (Wildman–Crippen MR) is 111 cm³/mol. The third-order valence-corrected chi connectivity index (χ3v) is 4.57.